The minimum absolute atomic E-state index is 0.169. The molecule has 1 fully saturated rings. The van der Waals surface area contributed by atoms with Gasteiger partial charge in [-0.2, -0.15) is 0 Å². The fraction of sp³-hybridized carbons (Fsp3) is 0.625. The van der Waals surface area contributed by atoms with Crippen molar-refractivity contribution >= 4 is 5.91 Å². The average Bonchev–Trinajstić information content (AvgIpc) is 2.95. The molecule has 0 aromatic carbocycles. The fourth-order valence-electron chi connectivity index (χ4n) is 2.73. The van der Waals surface area contributed by atoms with Crippen molar-refractivity contribution in [2.24, 2.45) is 0 Å². The third-order valence-electron chi connectivity index (χ3n) is 3.93. The second-order valence-corrected chi connectivity index (χ2v) is 5.54. The first-order valence-electron chi connectivity index (χ1n) is 7.62. The molecule has 1 amide bonds. The number of likely N-dealkylation sites (N-methyl/N-ethyl adjacent to an activating group) is 1. The molecule has 1 aliphatic rings. The molecule has 0 saturated heterocycles. The van der Waals surface area contributed by atoms with E-state index in [-0.39, 0.29) is 5.91 Å². The van der Waals surface area contributed by atoms with E-state index in [0.29, 0.717) is 19.1 Å². The predicted octanol–water partition coefficient (Wildman–Crippen LogP) is 2.27. The minimum atomic E-state index is 0.169. The molecule has 0 bridgehead atoms. The summed E-state index contributed by atoms with van der Waals surface area (Å²) in [5.74, 6) is 0.169. The van der Waals surface area contributed by atoms with Gasteiger partial charge >= 0.3 is 0 Å². The lowest BCUT2D eigenvalue weighted by atomic mass is 10.2. The minimum Gasteiger partial charge on any atom is -0.336 e. The molecule has 2 rings (SSSR count). The van der Waals surface area contributed by atoms with Crippen molar-refractivity contribution in [2.75, 3.05) is 13.1 Å². The van der Waals surface area contributed by atoms with Crippen LogP contribution in [0.3, 0.4) is 0 Å². The Balaban J connectivity index is 1.85. The third kappa shape index (κ3) is 4.30. The number of hydrogen-bond donors (Lipinski definition) is 1. The first-order valence-corrected chi connectivity index (χ1v) is 7.62. The van der Waals surface area contributed by atoms with Gasteiger partial charge in [-0.25, -0.2) is 0 Å². The van der Waals surface area contributed by atoms with Gasteiger partial charge in [0.05, 0.1) is 18.8 Å². The third-order valence-corrected chi connectivity index (χ3v) is 3.93. The van der Waals surface area contributed by atoms with Crippen LogP contribution in [0, 0.1) is 6.92 Å². The lowest BCUT2D eigenvalue weighted by Crippen LogP contribution is -2.40. The summed E-state index contributed by atoms with van der Waals surface area (Å²) < 4.78 is 0. The van der Waals surface area contributed by atoms with Crippen LogP contribution in [-0.2, 0) is 11.3 Å². The second-order valence-electron chi connectivity index (χ2n) is 5.54. The van der Waals surface area contributed by atoms with Gasteiger partial charge in [-0.05, 0) is 38.8 Å². The summed E-state index contributed by atoms with van der Waals surface area (Å²) in [4.78, 5) is 18.6. The van der Waals surface area contributed by atoms with Crippen LogP contribution in [0.1, 0.15) is 44.0 Å². The number of amides is 1. The summed E-state index contributed by atoms with van der Waals surface area (Å²) in [7, 11) is 0. The molecule has 1 aromatic rings. The highest BCUT2D eigenvalue weighted by Gasteiger charge is 2.18. The molecule has 1 N–H and O–H groups in total. The Kier molecular flexibility index (Phi) is 5.53. The van der Waals surface area contributed by atoms with Gasteiger partial charge in [-0.15, -0.1) is 0 Å². The van der Waals surface area contributed by atoms with Crippen LogP contribution in [-0.4, -0.2) is 34.9 Å². The Labute approximate surface area is 121 Å². The quantitative estimate of drug-likeness (QED) is 0.866. The zero-order valence-corrected chi connectivity index (χ0v) is 12.6. The van der Waals surface area contributed by atoms with Gasteiger partial charge in [0.15, 0.2) is 0 Å². The summed E-state index contributed by atoms with van der Waals surface area (Å²) in [6, 6.07) is 6.48. The molecule has 1 saturated carbocycles. The zero-order valence-electron chi connectivity index (χ0n) is 12.6. The molecule has 4 heteroatoms. The van der Waals surface area contributed by atoms with E-state index in [0.717, 1.165) is 17.9 Å². The number of rotatable bonds is 6. The maximum absolute atomic E-state index is 12.3. The van der Waals surface area contributed by atoms with Crippen molar-refractivity contribution < 1.29 is 4.79 Å². The van der Waals surface area contributed by atoms with E-state index in [2.05, 4.69) is 10.3 Å². The molecule has 1 aliphatic carbocycles. The van der Waals surface area contributed by atoms with Gasteiger partial charge in [0.1, 0.15) is 0 Å². The van der Waals surface area contributed by atoms with E-state index < -0.39 is 0 Å². The first kappa shape index (κ1) is 15.0. The van der Waals surface area contributed by atoms with E-state index in [1.54, 1.807) is 0 Å². The predicted molar refractivity (Wildman–Crippen MR) is 80.3 cm³/mol. The normalized spacial score (nSPS) is 15.5. The number of pyridine rings is 1. The highest BCUT2D eigenvalue weighted by atomic mass is 16.2. The molecule has 4 nitrogen and oxygen atoms in total. The molecular formula is C16H25N3O. The lowest BCUT2D eigenvalue weighted by molar-refractivity contribution is -0.130. The van der Waals surface area contributed by atoms with E-state index >= 15 is 0 Å². The molecule has 1 aromatic heterocycles. The fourth-order valence-corrected chi connectivity index (χ4v) is 2.73. The number of nitrogens with one attached hydrogen (secondary N) is 1. The van der Waals surface area contributed by atoms with Gasteiger partial charge in [0.25, 0.3) is 0 Å². The second kappa shape index (κ2) is 7.39. The number of aromatic nitrogens is 1. The summed E-state index contributed by atoms with van der Waals surface area (Å²) in [6.07, 6.45) is 4.99. The molecule has 0 aliphatic heterocycles. The van der Waals surface area contributed by atoms with Crippen molar-refractivity contribution in [3.05, 3.63) is 29.6 Å². The standard InChI is InChI=1S/C16H25N3O/c1-3-19(12-15-10-6-7-13(2)18-15)16(20)11-17-14-8-4-5-9-14/h6-7,10,14,17H,3-5,8-9,11-12H2,1-2H3. The highest BCUT2D eigenvalue weighted by molar-refractivity contribution is 5.78. The Bertz CT molecular complexity index is 441. The highest BCUT2D eigenvalue weighted by Crippen LogP contribution is 2.17. The molecule has 0 spiro atoms. The number of carbonyl (C=O) groups is 1. The van der Waals surface area contributed by atoms with Crippen LogP contribution >= 0.6 is 0 Å². The largest absolute Gasteiger partial charge is 0.336 e. The summed E-state index contributed by atoms with van der Waals surface area (Å²) in [5.41, 5.74) is 1.95. The lowest BCUT2D eigenvalue weighted by Gasteiger charge is -2.22. The van der Waals surface area contributed by atoms with Crippen LogP contribution in [0.25, 0.3) is 0 Å². The Hall–Kier alpha value is -1.42. The summed E-state index contributed by atoms with van der Waals surface area (Å²) >= 11 is 0. The molecule has 1 heterocycles. The van der Waals surface area contributed by atoms with E-state index in [1.807, 2.05) is 36.9 Å². The Morgan fingerprint density at radius 3 is 2.80 bits per heavy atom. The van der Waals surface area contributed by atoms with Crippen LogP contribution in [0.5, 0.6) is 0 Å². The van der Waals surface area contributed by atoms with Gasteiger partial charge in [-0.3, -0.25) is 9.78 Å². The van der Waals surface area contributed by atoms with E-state index in [4.69, 9.17) is 0 Å². The maximum atomic E-state index is 12.3. The number of aryl methyl sites for hydroxylation is 1. The van der Waals surface area contributed by atoms with Crippen molar-refractivity contribution in [1.82, 2.24) is 15.2 Å². The first-order chi connectivity index (χ1) is 9.69. The Morgan fingerprint density at radius 2 is 2.15 bits per heavy atom. The van der Waals surface area contributed by atoms with Crippen molar-refractivity contribution in [2.45, 2.75) is 52.1 Å². The molecular weight excluding hydrogens is 250 g/mol. The average molecular weight is 275 g/mol. The van der Waals surface area contributed by atoms with Crippen LogP contribution < -0.4 is 5.32 Å². The SMILES string of the molecule is CCN(Cc1cccc(C)n1)C(=O)CNC1CCCC1. The Morgan fingerprint density at radius 1 is 1.40 bits per heavy atom. The number of nitrogens with zero attached hydrogens (tertiary/aromatic N) is 2. The topological polar surface area (TPSA) is 45.2 Å². The number of hydrogen-bond acceptors (Lipinski definition) is 3. The molecule has 20 heavy (non-hydrogen) atoms. The monoisotopic (exact) mass is 275 g/mol. The summed E-state index contributed by atoms with van der Waals surface area (Å²) in [5, 5.41) is 3.38. The van der Waals surface area contributed by atoms with Crippen LogP contribution in [0.2, 0.25) is 0 Å². The smallest absolute Gasteiger partial charge is 0.236 e. The molecule has 110 valence electrons. The van der Waals surface area contributed by atoms with E-state index in [1.165, 1.54) is 25.7 Å². The molecule has 0 unspecified atom stereocenters. The van der Waals surface area contributed by atoms with Crippen molar-refractivity contribution in [3.8, 4) is 0 Å². The zero-order chi connectivity index (χ0) is 14.4. The van der Waals surface area contributed by atoms with E-state index in [9.17, 15) is 4.79 Å². The van der Waals surface area contributed by atoms with Gasteiger partial charge in [-0.1, -0.05) is 18.9 Å². The van der Waals surface area contributed by atoms with Crippen molar-refractivity contribution in [1.29, 1.82) is 0 Å². The van der Waals surface area contributed by atoms with Crippen LogP contribution in [0.4, 0.5) is 0 Å². The number of carbonyl (C=O) groups excluding carboxylic acids is 1. The van der Waals surface area contributed by atoms with Gasteiger partial charge in [0, 0.05) is 18.3 Å². The van der Waals surface area contributed by atoms with Crippen LogP contribution in [0.15, 0.2) is 18.2 Å². The summed E-state index contributed by atoms with van der Waals surface area (Å²) in [6.45, 7) is 5.76. The molecule has 0 atom stereocenters. The van der Waals surface area contributed by atoms with Gasteiger partial charge in [0.2, 0.25) is 5.91 Å². The molecule has 0 radical (unpaired) electrons. The van der Waals surface area contributed by atoms with Gasteiger partial charge < -0.3 is 10.2 Å². The van der Waals surface area contributed by atoms with Crippen molar-refractivity contribution in [3.63, 3.8) is 0 Å². The maximum Gasteiger partial charge on any atom is 0.236 e.